The van der Waals surface area contributed by atoms with Crippen molar-refractivity contribution in [3.05, 3.63) is 59.1 Å². The number of rotatable bonds is 6. The highest BCUT2D eigenvalue weighted by Gasteiger charge is 2.34. The van der Waals surface area contributed by atoms with E-state index in [9.17, 15) is 9.59 Å². The maximum absolute atomic E-state index is 12.5. The van der Waals surface area contributed by atoms with Gasteiger partial charge in [0, 0.05) is 10.9 Å². The minimum absolute atomic E-state index is 0.160. The second-order valence-electron chi connectivity index (χ2n) is 6.45. The molecule has 136 valence electrons. The zero-order valence-corrected chi connectivity index (χ0v) is 14.9. The number of carbonyl (C=O) groups is 2. The van der Waals surface area contributed by atoms with Gasteiger partial charge in [0.1, 0.15) is 12.4 Å². The first kappa shape index (κ1) is 18.3. The average molecular weight is 374 g/mol. The second kappa shape index (κ2) is 8.23. The van der Waals surface area contributed by atoms with Crippen molar-refractivity contribution >= 4 is 29.2 Å². The number of nitrogens with one attached hydrogen (secondary N) is 1. The summed E-state index contributed by atoms with van der Waals surface area (Å²) in [7, 11) is 0. The number of para-hydroxylation sites is 2. The normalized spacial score (nSPS) is 19.1. The number of amides is 1. The summed E-state index contributed by atoms with van der Waals surface area (Å²) in [5.74, 6) is -1.14. The summed E-state index contributed by atoms with van der Waals surface area (Å²) in [5, 5.41) is 12.6. The number of carboxylic acid groups (broad SMARTS) is 1. The van der Waals surface area contributed by atoms with Gasteiger partial charge in [-0.05, 0) is 49.1 Å². The van der Waals surface area contributed by atoms with Gasteiger partial charge in [0.15, 0.2) is 0 Å². The van der Waals surface area contributed by atoms with E-state index in [1.807, 2.05) is 30.3 Å². The molecule has 1 amide bonds. The van der Waals surface area contributed by atoms with E-state index in [4.69, 9.17) is 21.4 Å². The molecule has 2 N–H and O–H groups in total. The Hall–Kier alpha value is -2.53. The molecule has 0 aromatic heterocycles. The predicted octanol–water partition coefficient (Wildman–Crippen LogP) is 4.36. The van der Waals surface area contributed by atoms with Crippen LogP contribution < -0.4 is 10.1 Å². The summed E-state index contributed by atoms with van der Waals surface area (Å²) in [5.41, 5.74) is 1.51. The zero-order chi connectivity index (χ0) is 18.5. The lowest BCUT2D eigenvalue weighted by Gasteiger charge is -2.15. The number of hydrogen-bond acceptors (Lipinski definition) is 3. The van der Waals surface area contributed by atoms with Gasteiger partial charge in [-0.25, -0.2) is 0 Å². The van der Waals surface area contributed by atoms with Crippen LogP contribution in [-0.4, -0.2) is 17.0 Å². The van der Waals surface area contributed by atoms with E-state index in [1.54, 1.807) is 18.2 Å². The maximum Gasteiger partial charge on any atom is 0.306 e. The summed E-state index contributed by atoms with van der Waals surface area (Å²) < 4.78 is 5.83. The average Bonchev–Trinajstić information content (AvgIpc) is 3.12. The van der Waals surface area contributed by atoms with Gasteiger partial charge in [-0.15, -0.1) is 0 Å². The number of anilines is 1. The number of hydrogen-bond donors (Lipinski definition) is 2. The topological polar surface area (TPSA) is 75.6 Å². The molecule has 1 aliphatic carbocycles. The molecular weight excluding hydrogens is 354 g/mol. The van der Waals surface area contributed by atoms with E-state index in [2.05, 4.69) is 5.32 Å². The Kier molecular flexibility index (Phi) is 5.78. The molecule has 26 heavy (non-hydrogen) atoms. The Balaban J connectivity index is 1.63. The van der Waals surface area contributed by atoms with Crippen molar-refractivity contribution in [2.45, 2.75) is 25.9 Å². The number of ether oxygens (including phenoxy) is 1. The summed E-state index contributed by atoms with van der Waals surface area (Å²) in [4.78, 5) is 23.5. The molecular formula is C20H20ClNO4. The first-order valence-electron chi connectivity index (χ1n) is 8.53. The van der Waals surface area contributed by atoms with E-state index < -0.39 is 11.9 Å². The van der Waals surface area contributed by atoms with Crippen LogP contribution in [0.1, 0.15) is 24.8 Å². The smallest absolute Gasteiger partial charge is 0.306 e. The van der Waals surface area contributed by atoms with Crippen molar-refractivity contribution < 1.29 is 19.4 Å². The Morgan fingerprint density at radius 3 is 2.62 bits per heavy atom. The molecule has 3 rings (SSSR count). The SMILES string of the molecule is O=C(O)[C@@H]1CC[C@H](C(=O)Nc2ccccc2OCc2cccc(Cl)c2)C1. The third kappa shape index (κ3) is 4.55. The third-order valence-corrected chi connectivity index (χ3v) is 4.82. The monoisotopic (exact) mass is 373 g/mol. The van der Waals surface area contributed by atoms with Crippen LogP contribution in [-0.2, 0) is 16.2 Å². The van der Waals surface area contributed by atoms with Crippen molar-refractivity contribution in [2.24, 2.45) is 11.8 Å². The molecule has 2 atom stereocenters. The summed E-state index contributed by atoms with van der Waals surface area (Å²) in [6, 6.07) is 14.6. The molecule has 0 radical (unpaired) electrons. The van der Waals surface area contributed by atoms with Crippen LogP contribution in [0.3, 0.4) is 0 Å². The van der Waals surface area contributed by atoms with Crippen LogP contribution in [0, 0.1) is 11.8 Å². The quantitative estimate of drug-likeness (QED) is 0.788. The van der Waals surface area contributed by atoms with Crippen LogP contribution in [0.25, 0.3) is 0 Å². The Morgan fingerprint density at radius 1 is 1.12 bits per heavy atom. The Bertz CT molecular complexity index is 808. The molecule has 0 spiro atoms. The first-order chi connectivity index (χ1) is 12.5. The fraction of sp³-hybridized carbons (Fsp3) is 0.300. The van der Waals surface area contributed by atoms with Gasteiger partial charge in [0.2, 0.25) is 5.91 Å². The van der Waals surface area contributed by atoms with E-state index in [-0.39, 0.29) is 11.8 Å². The summed E-state index contributed by atoms with van der Waals surface area (Å²) in [6.07, 6.45) is 1.52. The van der Waals surface area contributed by atoms with E-state index in [0.717, 1.165) is 5.56 Å². The van der Waals surface area contributed by atoms with Crippen LogP contribution >= 0.6 is 11.6 Å². The van der Waals surface area contributed by atoms with Gasteiger partial charge in [0.05, 0.1) is 11.6 Å². The lowest BCUT2D eigenvalue weighted by molar-refractivity contribution is -0.141. The number of carbonyl (C=O) groups excluding carboxylic acids is 1. The van der Waals surface area contributed by atoms with Crippen molar-refractivity contribution in [3.8, 4) is 5.75 Å². The van der Waals surface area contributed by atoms with Crippen molar-refractivity contribution in [1.29, 1.82) is 0 Å². The van der Waals surface area contributed by atoms with Gasteiger partial charge in [-0.1, -0.05) is 35.9 Å². The lowest BCUT2D eigenvalue weighted by Crippen LogP contribution is -2.22. The van der Waals surface area contributed by atoms with Gasteiger partial charge >= 0.3 is 5.97 Å². The molecule has 1 aliphatic rings. The second-order valence-corrected chi connectivity index (χ2v) is 6.89. The highest BCUT2D eigenvalue weighted by Crippen LogP contribution is 2.33. The van der Waals surface area contributed by atoms with Crippen LogP contribution in [0.2, 0.25) is 5.02 Å². The lowest BCUT2D eigenvalue weighted by atomic mass is 10.0. The maximum atomic E-state index is 12.5. The molecule has 5 nitrogen and oxygen atoms in total. The third-order valence-electron chi connectivity index (χ3n) is 4.58. The molecule has 0 heterocycles. The van der Waals surface area contributed by atoms with E-state index in [0.29, 0.717) is 42.3 Å². The highest BCUT2D eigenvalue weighted by molar-refractivity contribution is 6.30. The van der Waals surface area contributed by atoms with Crippen molar-refractivity contribution in [2.75, 3.05) is 5.32 Å². The van der Waals surface area contributed by atoms with Gasteiger partial charge in [-0.3, -0.25) is 9.59 Å². The van der Waals surface area contributed by atoms with Crippen molar-refractivity contribution in [3.63, 3.8) is 0 Å². The molecule has 0 bridgehead atoms. The predicted molar refractivity (Wildman–Crippen MR) is 99.3 cm³/mol. The molecule has 0 unspecified atom stereocenters. The van der Waals surface area contributed by atoms with E-state index >= 15 is 0 Å². The number of carboxylic acids is 1. The largest absolute Gasteiger partial charge is 0.487 e. The van der Waals surface area contributed by atoms with E-state index in [1.165, 1.54) is 0 Å². The Morgan fingerprint density at radius 2 is 1.88 bits per heavy atom. The zero-order valence-electron chi connectivity index (χ0n) is 14.2. The fourth-order valence-corrected chi connectivity index (χ4v) is 3.38. The number of benzene rings is 2. The first-order valence-corrected chi connectivity index (χ1v) is 8.90. The molecule has 0 saturated heterocycles. The van der Waals surface area contributed by atoms with Crippen LogP contribution in [0.15, 0.2) is 48.5 Å². The van der Waals surface area contributed by atoms with Crippen LogP contribution in [0.4, 0.5) is 5.69 Å². The highest BCUT2D eigenvalue weighted by atomic mass is 35.5. The molecule has 2 aromatic rings. The molecule has 0 aliphatic heterocycles. The van der Waals surface area contributed by atoms with Gasteiger partial charge in [-0.2, -0.15) is 0 Å². The molecule has 1 saturated carbocycles. The number of aliphatic carboxylic acids is 1. The summed E-state index contributed by atoms with van der Waals surface area (Å²) in [6.45, 7) is 0.331. The molecule has 1 fully saturated rings. The standard InChI is InChI=1S/C20H20ClNO4/c21-16-5-3-4-13(10-16)12-26-18-7-2-1-6-17(18)22-19(23)14-8-9-15(11-14)20(24)25/h1-7,10,14-15H,8-9,11-12H2,(H,22,23)(H,24,25)/t14-,15+/m0/s1. The molecule has 2 aromatic carbocycles. The van der Waals surface area contributed by atoms with Gasteiger partial charge < -0.3 is 15.2 Å². The minimum Gasteiger partial charge on any atom is -0.487 e. The number of halogens is 1. The van der Waals surface area contributed by atoms with Gasteiger partial charge in [0.25, 0.3) is 0 Å². The summed E-state index contributed by atoms with van der Waals surface area (Å²) >= 11 is 5.98. The molecule has 6 heteroatoms. The van der Waals surface area contributed by atoms with Crippen LogP contribution in [0.5, 0.6) is 5.75 Å². The fourth-order valence-electron chi connectivity index (χ4n) is 3.16. The Labute approximate surface area is 156 Å². The van der Waals surface area contributed by atoms with Crippen molar-refractivity contribution in [1.82, 2.24) is 0 Å². The minimum atomic E-state index is -0.828.